The van der Waals surface area contributed by atoms with Crippen molar-refractivity contribution in [2.75, 3.05) is 6.61 Å². The van der Waals surface area contributed by atoms with E-state index in [9.17, 15) is 9.59 Å². The van der Waals surface area contributed by atoms with E-state index >= 15 is 0 Å². The van der Waals surface area contributed by atoms with E-state index in [0.29, 0.717) is 0 Å². The molecule has 0 aliphatic heterocycles. The van der Waals surface area contributed by atoms with E-state index in [1.807, 2.05) is 0 Å². The van der Waals surface area contributed by atoms with E-state index in [1.165, 1.54) is 10.9 Å². The van der Waals surface area contributed by atoms with Crippen molar-refractivity contribution in [1.82, 2.24) is 15.0 Å². The third-order valence-electron chi connectivity index (χ3n) is 2.21. The number of hydrogen-bond acceptors (Lipinski definition) is 7. The molecular formula is C11H11N3O5. The van der Waals surface area contributed by atoms with Crippen LogP contribution in [0.4, 0.5) is 0 Å². The van der Waals surface area contributed by atoms with Gasteiger partial charge in [-0.2, -0.15) is 0 Å². The smallest absolute Gasteiger partial charge is 0.360 e. The average molecular weight is 265 g/mol. The Morgan fingerprint density at radius 3 is 3.05 bits per heavy atom. The fourth-order valence-electron chi connectivity index (χ4n) is 1.36. The van der Waals surface area contributed by atoms with Crippen molar-refractivity contribution >= 4 is 5.97 Å². The minimum absolute atomic E-state index is 0.0722. The Hall–Kier alpha value is -2.64. The topological polar surface area (TPSA) is 107 Å². The number of nitrogens with zero attached hydrogens (tertiary/aromatic N) is 3. The molecule has 2 aromatic rings. The van der Waals surface area contributed by atoms with E-state index < -0.39 is 17.1 Å². The first-order valence-electron chi connectivity index (χ1n) is 5.48. The molecule has 0 atom stereocenters. The van der Waals surface area contributed by atoms with Crippen molar-refractivity contribution in [2.24, 2.45) is 0 Å². The second kappa shape index (κ2) is 5.34. The molecule has 2 heterocycles. The van der Waals surface area contributed by atoms with Crippen LogP contribution in [0.1, 0.15) is 23.2 Å². The highest BCUT2D eigenvalue weighted by Crippen LogP contribution is 2.05. The number of aromatic hydroxyl groups is 1. The zero-order chi connectivity index (χ0) is 13.8. The van der Waals surface area contributed by atoms with Crippen LogP contribution in [0.2, 0.25) is 0 Å². The molecular weight excluding hydrogens is 254 g/mol. The predicted molar refractivity (Wildman–Crippen MR) is 61.7 cm³/mol. The molecule has 19 heavy (non-hydrogen) atoms. The molecule has 100 valence electrons. The summed E-state index contributed by atoms with van der Waals surface area (Å²) in [7, 11) is 0. The van der Waals surface area contributed by atoms with Crippen LogP contribution in [0.15, 0.2) is 27.7 Å². The van der Waals surface area contributed by atoms with E-state index in [4.69, 9.17) is 14.3 Å². The number of aromatic nitrogens is 3. The summed E-state index contributed by atoms with van der Waals surface area (Å²) in [6.45, 7) is 2.05. The second-order valence-electron chi connectivity index (χ2n) is 3.62. The fraction of sp³-hybridized carbons (Fsp3) is 0.273. The molecule has 8 nitrogen and oxygen atoms in total. The Balaban J connectivity index is 2.13. The lowest BCUT2D eigenvalue weighted by atomic mass is 10.3. The summed E-state index contributed by atoms with van der Waals surface area (Å²) in [6.07, 6.45) is 2.33. The lowest BCUT2D eigenvalue weighted by Crippen LogP contribution is -2.06. The maximum atomic E-state index is 11.4. The van der Waals surface area contributed by atoms with Crippen LogP contribution < -0.4 is 5.43 Å². The van der Waals surface area contributed by atoms with Gasteiger partial charge in [0, 0.05) is 6.07 Å². The monoisotopic (exact) mass is 265 g/mol. The first-order chi connectivity index (χ1) is 9.10. The molecule has 2 aromatic heterocycles. The average Bonchev–Trinajstić information content (AvgIpc) is 2.83. The summed E-state index contributed by atoms with van der Waals surface area (Å²) in [4.78, 5) is 22.6. The van der Waals surface area contributed by atoms with Crippen LogP contribution in [0.5, 0.6) is 5.75 Å². The molecule has 2 rings (SSSR count). The van der Waals surface area contributed by atoms with Crippen molar-refractivity contribution in [3.63, 3.8) is 0 Å². The molecule has 0 amide bonds. The highest BCUT2D eigenvalue weighted by molar-refractivity contribution is 5.86. The predicted octanol–water partition coefficient (Wildman–Crippen LogP) is 0.162. The first kappa shape index (κ1) is 12.8. The van der Waals surface area contributed by atoms with Crippen LogP contribution >= 0.6 is 0 Å². The molecule has 8 heteroatoms. The first-order valence-corrected chi connectivity index (χ1v) is 5.48. The lowest BCUT2D eigenvalue weighted by molar-refractivity contribution is 0.0519. The third-order valence-corrected chi connectivity index (χ3v) is 2.21. The van der Waals surface area contributed by atoms with Crippen molar-refractivity contribution in [1.29, 1.82) is 0 Å². The lowest BCUT2D eigenvalue weighted by Gasteiger charge is -1.99. The molecule has 0 bridgehead atoms. The van der Waals surface area contributed by atoms with Crippen LogP contribution in [-0.4, -0.2) is 32.7 Å². The summed E-state index contributed by atoms with van der Waals surface area (Å²) >= 11 is 0. The summed E-state index contributed by atoms with van der Waals surface area (Å²) in [5, 5.41) is 16.4. The maximum absolute atomic E-state index is 11.4. The molecule has 0 aliphatic carbocycles. The Morgan fingerprint density at radius 2 is 2.37 bits per heavy atom. The Morgan fingerprint density at radius 1 is 1.58 bits per heavy atom. The molecule has 0 unspecified atom stereocenters. The number of esters is 1. The fourth-order valence-corrected chi connectivity index (χ4v) is 1.36. The largest absolute Gasteiger partial charge is 0.502 e. The van der Waals surface area contributed by atoms with Gasteiger partial charge in [0.1, 0.15) is 18.6 Å². The number of carbonyl (C=O) groups is 1. The van der Waals surface area contributed by atoms with Gasteiger partial charge in [-0.05, 0) is 6.92 Å². The number of hydrogen-bond donors (Lipinski definition) is 1. The van der Waals surface area contributed by atoms with E-state index in [0.717, 1.165) is 12.3 Å². The summed E-state index contributed by atoms with van der Waals surface area (Å²) < 4.78 is 11.1. The van der Waals surface area contributed by atoms with Gasteiger partial charge in [0.05, 0.1) is 12.8 Å². The van der Waals surface area contributed by atoms with Crippen molar-refractivity contribution < 1.29 is 19.1 Å². The SMILES string of the molecule is CCOC(=O)c1cn(Cc2cc(=O)c(O)co2)nn1. The zero-order valence-electron chi connectivity index (χ0n) is 10.1. The molecule has 0 aromatic carbocycles. The standard InChI is InChI=1S/C11H11N3O5/c1-2-18-11(17)8-5-14(13-12-8)4-7-3-9(15)10(16)6-19-7/h3,5-6,16H,2,4H2,1H3. The van der Waals surface area contributed by atoms with Gasteiger partial charge in [-0.15, -0.1) is 5.10 Å². The third kappa shape index (κ3) is 2.97. The second-order valence-corrected chi connectivity index (χ2v) is 3.62. The highest BCUT2D eigenvalue weighted by atomic mass is 16.5. The van der Waals surface area contributed by atoms with Gasteiger partial charge < -0.3 is 14.3 Å². The van der Waals surface area contributed by atoms with Crippen LogP contribution in [0.25, 0.3) is 0 Å². The number of carbonyl (C=O) groups excluding carboxylic acids is 1. The summed E-state index contributed by atoms with van der Waals surface area (Å²) in [5.74, 6) is -0.751. The quantitative estimate of drug-likeness (QED) is 0.784. The molecule has 0 fully saturated rings. The van der Waals surface area contributed by atoms with Gasteiger partial charge in [-0.3, -0.25) is 4.79 Å². The van der Waals surface area contributed by atoms with Gasteiger partial charge in [0.15, 0.2) is 11.4 Å². The number of ether oxygens (including phenoxy) is 1. The molecule has 0 spiro atoms. The Labute approximate surface area is 107 Å². The highest BCUT2D eigenvalue weighted by Gasteiger charge is 2.12. The molecule has 0 radical (unpaired) electrons. The minimum atomic E-state index is -0.569. The molecule has 0 saturated carbocycles. The van der Waals surface area contributed by atoms with Crippen LogP contribution in [-0.2, 0) is 11.3 Å². The van der Waals surface area contributed by atoms with E-state index in [2.05, 4.69) is 10.3 Å². The van der Waals surface area contributed by atoms with Gasteiger partial charge in [0.25, 0.3) is 0 Å². The van der Waals surface area contributed by atoms with Crippen LogP contribution in [0.3, 0.4) is 0 Å². The molecule has 0 aliphatic rings. The van der Waals surface area contributed by atoms with E-state index in [-0.39, 0.29) is 24.6 Å². The Kier molecular flexibility index (Phi) is 3.60. The van der Waals surface area contributed by atoms with Crippen LogP contribution in [0, 0.1) is 0 Å². The summed E-state index contributed by atoms with van der Waals surface area (Å²) in [6, 6.07) is 1.14. The zero-order valence-corrected chi connectivity index (χ0v) is 10.1. The van der Waals surface area contributed by atoms with Crippen molar-refractivity contribution in [2.45, 2.75) is 13.5 Å². The summed E-state index contributed by atoms with van der Waals surface area (Å²) in [5.41, 5.74) is -0.477. The van der Waals surface area contributed by atoms with E-state index in [1.54, 1.807) is 6.92 Å². The molecule has 1 N–H and O–H groups in total. The normalized spacial score (nSPS) is 10.4. The van der Waals surface area contributed by atoms with Gasteiger partial charge in [0.2, 0.25) is 5.43 Å². The Bertz CT molecular complexity index is 646. The molecule has 0 saturated heterocycles. The minimum Gasteiger partial charge on any atom is -0.502 e. The number of rotatable bonds is 4. The van der Waals surface area contributed by atoms with Gasteiger partial charge in [-0.25, -0.2) is 9.48 Å². The van der Waals surface area contributed by atoms with Gasteiger partial charge in [-0.1, -0.05) is 5.21 Å². The maximum Gasteiger partial charge on any atom is 0.360 e. The van der Waals surface area contributed by atoms with Crippen molar-refractivity contribution in [3.05, 3.63) is 40.2 Å². The van der Waals surface area contributed by atoms with Gasteiger partial charge >= 0.3 is 5.97 Å². The van der Waals surface area contributed by atoms with Crippen molar-refractivity contribution in [3.8, 4) is 5.75 Å².